The normalized spacial score (nSPS) is 19.5. The van der Waals surface area contributed by atoms with Crippen molar-refractivity contribution in [3.8, 4) is 0 Å². The summed E-state index contributed by atoms with van der Waals surface area (Å²) in [5.41, 5.74) is 4.14. The quantitative estimate of drug-likeness (QED) is 0.625. The third kappa shape index (κ3) is 5.58. The zero-order chi connectivity index (χ0) is 19.4. The van der Waals surface area contributed by atoms with E-state index in [1.54, 1.807) is 33.0 Å². The molecule has 1 aliphatic heterocycles. The Hall–Kier alpha value is -1.84. The maximum Gasteiger partial charge on any atom is 0.471 e. The van der Waals surface area contributed by atoms with Crippen LogP contribution in [-0.2, 0) is 14.4 Å². The van der Waals surface area contributed by atoms with Crippen molar-refractivity contribution >= 4 is 17.7 Å². The number of alkyl halides is 3. The van der Waals surface area contributed by atoms with E-state index in [0.717, 1.165) is 0 Å². The van der Waals surface area contributed by atoms with Crippen molar-refractivity contribution in [2.45, 2.75) is 58.8 Å². The van der Waals surface area contributed by atoms with Crippen molar-refractivity contribution < 1.29 is 27.6 Å². The van der Waals surface area contributed by atoms with Crippen LogP contribution in [-0.4, -0.2) is 54.0 Å². The first-order valence-electron chi connectivity index (χ1n) is 8.10. The second-order valence-electron chi connectivity index (χ2n) is 6.98. The molecule has 1 fully saturated rings. The van der Waals surface area contributed by atoms with Gasteiger partial charge in [0.1, 0.15) is 12.1 Å². The van der Waals surface area contributed by atoms with Gasteiger partial charge in [-0.2, -0.15) is 13.2 Å². The van der Waals surface area contributed by atoms with E-state index < -0.39 is 41.4 Å². The molecule has 2 atom stereocenters. The highest BCUT2D eigenvalue weighted by atomic mass is 19.4. The molecule has 1 saturated heterocycles. The molecule has 0 bridgehead atoms. The third-order valence-corrected chi connectivity index (χ3v) is 3.87. The molecule has 0 aromatic heterocycles. The average molecular weight is 366 g/mol. The fourth-order valence-electron chi connectivity index (χ4n) is 2.59. The van der Waals surface area contributed by atoms with E-state index >= 15 is 0 Å². The molecule has 0 saturated carbocycles. The van der Waals surface area contributed by atoms with Gasteiger partial charge >= 0.3 is 12.1 Å². The van der Waals surface area contributed by atoms with Crippen molar-refractivity contribution in [2.24, 2.45) is 5.41 Å². The number of likely N-dealkylation sites (tertiary alicyclic amines) is 1. The van der Waals surface area contributed by atoms with E-state index in [2.05, 4.69) is 10.9 Å². The van der Waals surface area contributed by atoms with Crippen LogP contribution in [0.5, 0.6) is 0 Å². The molecule has 144 valence electrons. The minimum Gasteiger partial charge on any atom is -0.336 e. The molecule has 25 heavy (non-hydrogen) atoms. The summed E-state index contributed by atoms with van der Waals surface area (Å²) in [5, 5.41) is 1.77. The van der Waals surface area contributed by atoms with Gasteiger partial charge in [0.25, 0.3) is 5.91 Å². The highest BCUT2D eigenvalue weighted by Crippen LogP contribution is 2.27. The number of carbonyl (C=O) groups excluding carboxylic acids is 3. The number of hydrogen-bond donors (Lipinski definition) is 3. The van der Waals surface area contributed by atoms with E-state index in [0.29, 0.717) is 19.4 Å². The number of carbonyl (C=O) groups is 3. The number of nitrogens with one attached hydrogen (secondary N) is 3. The second kappa shape index (κ2) is 8.03. The molecule has 1 heterocycles. The van der Waals surface area contributed by atoms with Crippen LogP contribution in [0, 0.1) is 5.41 Å². The Labute approximate surface area is 144 Å². The molecule has 3 N–H and O–H groups in total. The van der Waals surface area contributed by atoms with Crippen LogP contribution in [0.1, 0.15) is 40.5 Å². The van der Waals surface area contributed by atoms with Gasteiger partial charge in [0.2, 0.25) is 5.91 Å². The van der Waals surface area contributed by atoms with Crippen LogP contribution in [0.25, 0.3) is 0 Å². The van der Waals surface area contributed by atoms with Gasteiger partial charge in [-0.3, -0.25) is 19.8 Å². The molecule has 10 heteroatoms. The van der Waals surface area contributed by atoms with Crippen LogP contribution < -0.4 is 16.2 Å². The topological polar surface area (TPSA) is 90.5 Å². The molecule has 0 spiro atoms. The lowest BCUT2D eigenvalue weighted by molar-refractivity contribution is -0.176. The minimum atomic E-state index is -5.09. The van der Waals surface area contributed by atoms with Gasteiger partial charge in [0.05, 0.1) is 0 Å². The summed E-state index contributed by atoms with van der Waals surface area (Å²) < 4.78 is 37.7. The van der Waals surface area contributed by atoms with E-state index in [9.17, 15) is 27.6 Å². The Morgan fingerprint density at radius 3 is 2.28 bits per heavy atom. The second-order valence-corrected chi connectivity index (χ2v) is 6.98. The van der Waals surface area contributed by atoms with Crippen molar-refractivity contribution in [1.29, 1.82) is 0 Å². The Bertz CT molecular complexity index is 517. The predicted molar refractivity (Wildman–Crippen MR) is 84.0 cm³/mol. The average Bonchev–Trinajstić information content (AvgIpc) is 2.96. The molecule has 1 rings (SSSR count). The first kappa shape index (κ1) is 21.2. The number of hydrogen-bond acceptors (Lipinski definition) is 4. The van der Waals surface area contributed by atoms with Crippen LogP contribution >= 0.6 is 0 Å². The summed E-state index contributed by atoms with van der Waals surface area (Å²) in [6, 6.07) is -2.17. The summed E-state index contributed by atoms with van der Waals surface area (Å²) >= 11 is 0. The number of halogens is 3. The van der Waals surface area contributed by atoms with E-state index in [-0.39, 0.29) is 6.54 Å². The molecule has 0 aromatic rings. The largest absolute Gasteiger partial charge is 0.471 e. The summed E-state index contributed by atoms with van der Waals surface area (Å²) in [4.78, 5) is 37.5. The maximum absolute atomic E-state index is 12.8. The minimum absolute atomic E-state index is 0.248. The van der Waals surface area contributed by atoms with Gasteiger partial charge in [0.15, 0.2) is 0 Å². The monoisotopic (exact) mass is 366 g/mol. The Kier molecular flexibility index (Phi) is 6.81. The van der Waals surface area contributed by atoms with Gasteiger partial charge in [-0.15, -0.1) is 0 Å². The van der Waals surface area contributed by atoms with Gasteiger partial charge in [-0.05, 0) is 18.3 Å². The van der Waals surface area contributed by atoms with Crippen LogP contribution in [0.15, 0.2) is 0 Å². The first-order chi connectivity index (χ1) is 11.4. The Morgan fingerprint density at radius 2 is 1.80 bits per heavy atom. The van der Waals surface area contributed by atoms with Crippen LogP contribution in [0.4, 0.5) is 13.2 Å². The van der Waals surface area contributed by atoms with E-state index in [1.165, 1.54) is 4.90 Å². The predicted octanol–water partition coefficient (Wildman–Crippen LogP) is 0.711. The smallest absolute Gasteiger partial charge is 0.336 e. The van der Waals surface area contributed by atoms with E-state index in [1.807, 2.05) is 0 Å². The lowest BCUT2D eigenvalue weighted by atomic mass is 9.85. The van der Waals surface area contributed by atoms with E-state index in [4.69, 9.17) is 0 Å². The number of amides is 3. The summed E-state index contributed by atoms with van der Waals surface area (Å²) in [6.07, 6.45) is -4.12. The number of nitrogens with zero attached hydrogens (tertiary/aromatic N) is 1. The third-order valence-electron chi connectivity index (χ3n) is 3.87. The lowest BCUT2D eigenvalue weighted by Gasteiger charge is -2.35. The Morgan fingerprint density at radius 1 is 1.20 bits per heavy atom. The highest BCUT2D eigenvalue weighted by molar-refractivity contribution is 5.93. The fraction of sp³-hybridized carbons (Fsp3) is 0.800. The summed E-state index contributed by atoms with van der Waals surface area (Å²) in [7, 11) is 0. The number of rotatable bonds is 5. The first-order valence-corrected chi connectivity index (χ1v) is 8.10. The molecule has 1 aliphatic rings. The van der Waals surface area contributed by atoms with Crippen molar-refractivity contribution in [3.05, 3.63) is 0 Å². The molecular formula is C15H25F3N4O3. The molecule has 2 unspecified atom stereocenters. The zero-order valence-corrected chi connectivity index (χ0v) is 14.8. The van der Waals surface area contributed by atoms with Crippen LogP contribution in [0.2, 0.25) is 0 Å². The SMILES string of the molecule is CCNNC(=O)C1CCCN1C(=O)C(NC(=O)C(F)(F)F)C(C)(C)C. The molecular weight excluding hydrogens is 341 g/mol. The molecule has 0 radical (unpaired) electrons. The van der Waals surface area contributed by atoms with Gasteiger partial charge in [-0.25, -0.2) is 5.43 Å². The molecule has 0 aliphatic carbocycles. The number of hydrazine groups is 1. The van der Waals surface area contributed by atoms with Crippen molar-refractivity contribution in [3.63, 3.8) is 0 Å². The standard InChI is InChI=1S/C15H25F3N4O3/c1-5-19-21-11(23)9-7-6-8-22(9)12(24)10(14(2,3)4)20-13(25)15(16,17)18/h9-10,19H,5-8H2,1-4H3,(H,20,25)(H,21,23). The molecule has 7 nitrogen and oxygen atoms in total. The van der Waals surface area contributed by atoms with Crippen molar-refractivity contribution in [2.75, 3.05) is 13.1 Å². The van der Waals surface area contributed by atoms with Gasteiger partial charge in [0, 0.05) is 13.1 Å². The van der Waals surface area contributed by atoms with Gasteiger partial charge < -0.3 is 10.2 Å². The lowest BCUT2D eigenvalue weighted by Crippen LogP contribution is -2.59. The molecule has 3 amide bonds. The summed E-state index contributed by atoms with van der Waals surface area (Å²) in [6.45, 7) is 7.17. The zero-order valence-electron chi connectivity index (χ0n) is 14.8. The maximum atomic E-state index is 12.8. The van der Waals surface area contributed by atoms with Crippen molar-refractivity contribution in [1.82, 2.24) is 21.1 Å². The highest BCUT2D eigenvalue weighted by Gasteiger charge is 2.46. The van der Waals surface area contributed by atoms with Gasteiger partial charge in [-0.1, -0.05) is 27.7 Å². The Balaban J connectivity index is 2.96. The fourth-order valence-corrected chi connectivity index (χ4v) is 2.59. The summed E-state index contributed by atoms with van der Waals surface area (Å²) in [5.74, 6) is -3.30. The molecule has 0 aromatic carbocycles. The van der Waals surface area contributed by atoms with Crippen LogP contribution in [0.3, 0.4) is 0 Å².